The minimum Gasteiger partial charge on any atom is -0.391 e. The third kappa shape index (κ3) is 3.64. The lowest BCUT2D eigenvalue weighted by atomic mass is 9.95. The van der Waals surface area contributed by atoms with Gasteiger partial charge in [-0.15, -0.1) is 0 Å². The summed E-state index contributed by atoms with van der Waals surface area (Å²) in [4.78, 5) is -4.19. The number of halogens is 6. The molecule has 0 N–H and O–H groups in total. The predicted octanol–water partition coefficient (Wildman–Crippen LogP) is 1.37. The van der Waals surface area contributed by atoms with Gasteiger partial charge in [0.1, 0.15) is 22.5 Å². The fraction of sp³-hybridized carbons (Fsp3) is 0.750. The highest BCUT2D eigenvalue weighted by atomic mass is 32.1. The van der Waals surface area contributed by atoms with Crippen molar-refractivity contribution in [1.82, 2.24) is 0 Å². The molecule has 1 heterocycles. The third-order valence-corrected chi connectivity index (χ3v) is 5.59. The molecule has 1 saturated heterocycles. The van der Waals surface area contributed by atoms with Crippen LogP contribution in [0.15, 0.2) is 0 Å². The average Bonchev–Trinajstić information content (AvgIpc) is 2.52. The minimum atomic E-state index is -5.38. The molecule has 0 atom stereocenters. The van der Waals surface area contributed by atoms with E-state index in [2.05, 4.69) is 0 Å². The van der Waals surface area contributed by atoms with Crippen molar-refractivity contribution >= 4 is 40.8 Å². The van der Waals surface area contributed by atoms with Crippen molar-refractivity contribution in [3.63, 3.8) is 0 Å². The first-order valence-corrected chi connectivity index (χ1v) is 9.43. The molecule has 1 rings (SSSR count). The molecule has 0 aliphatic carbocycles. The first-order valence-electron chi connectivity index (χ1n) is 5.13. The van der Waals surface area contributed by atoms with Gasteiger partial charge in [-0.1, -0.05) is 0 Å². The SMILES string of the molecule is C[Si]1(C)OCC(C(=S=O)C(F)(F)F)(C(=S=O)C(F)(F)F)O1. The summed E-state index contributed by atoms with van der Waals surface area (Å²) in [7, 11) is -3.34. The largest absolute Gasteiger partial charge is 0.428 e. The Morgan fingerprint density at radius 1 is 1.00 bits per heavy atom. The maximum absolute atomic E-state index is 12.9. The van der Waals surface area contributed by atoms with Gasteiger partial charge in [-0.2, -0.15) is 26.3 Å². The first kappa shape index (κ1) is 18.5. The Morgan fingerprint density at radius 3 is 1.57 bits per heavy atom. The Bertz CT molecular complexity index is 508. The molecule has 1 aliphatic rings. The van der Waals surface area contributed by atoms with Crippen LogP contribution in [-0.4, -0.2) is 51.3 Å². The summed E-state index contributed by atoms with van der Waals surface area (Å²) in [6.07, 6.45) is -10.8. The van der Waals surface area contributed by atoms with E-state index in [4.69, 9.17) is 8.85 Å². The van der Waals surface area contributed by atoms with Gasteiger partial charge in [0.05, 0.1) is 6.61 Å². The predicted molar refractivity (Wildman–Crippen MR) is 65.7 cm³/mol. The second kappa shape index (κ2) is 5.61. The van der Waals surface area contributed by atoms with Crippen molar-refractivity contribution in [2.75, 3.05) is 6.61 Å². The number of alkyl halides is 6. The Balaban J connectivity index is 3.62. The molecule has 0 amide bonds. The zero-order chi connectivity index (χ0) is 16.7. The van der Waals surface area contributed by atoms with Gasteiger partial charge in [0.25, 0.3) is 0 Å². The summed E-state index contributed by atoms with van der Waals surface area (Å²) in [6, 6.07) is 0. The van der Waals surface area contributed by atoms with Crippen LogP contribution in [-0.2, 0) is 31.4 Å². The molecule has 21 heavy (non-hydrogen) atoms. The Hall–Kier alpha value is -0.503. The van der Waals surface area contributed by atoms with Crippen LogP contribution in [0.3, 0.4) is 0 Å². The van der Waals surface area contributed by atoms with Crippen LogP contribution in [0.25, 0.3) is 0 Å². The van der Waals surface area contributed by atoms with Crippen molar-refractivity contribution in [2.24, 2.45) is 0 Å². The van der Waals surface area contributed by atoms with E-state index in [9.17, 15) is 34.8 Å². The second-order valence-corrected chi connectivity index (χ2v) is 8.88. The van der Waals surface area contributed by atoms with Crippen LogP contribution in [0.1, 0.15) is 0 Å². The summed E-state index contributed by atoms with van der Waals surface area (Å²) in [5.74, 6) is 0. The Kier molecular flexibility index (Phi) is 4.95. The number of hydrogen-bond donors (Lipinski definition) is 0. The molecule has 0 aromatic carbocycles. The molecule has 1 aliphatic heterocycles. The van der Waals surface area contributed by atoms with E-state index >= 15 is 0 Å². The highest BCUT2D eigenvalue weighted by Crippen LogP contribution is 2.39. The standard InChI is InChI=1S/C8H8F6O4S2Si/c1-21(2)17-3-6(18-21,4(19-15)7(9,10)11)5(20-16)8(12,13)14/h3H2,1-2H3. The van der Waals surface area contributed by atoms with Crippen LogP contribution in [0, 0.1) is 0 Å². The summed E-state index contributed by atoms with van der Waals surface area (Å²) in [5.41, 5.74) is -3.24. The molecule has 13 heteroatoms. The molecular formula is C8H8F6O4S2Si. The Labute approximate surface area is 122 Å². The summed E-state index contributed by atoms with van der Waals surface area (Å²) >= 11 is -2.36. The summed E-state index contributed by atoms with van der Waals surface area (Å²) < 4.78 is 109. The van der Waals surface area contributed by atoms with E-state index in [1.165, 1.54) is 13.1 Å². The highest BCUT2D eigenvalue weighted by molar-refractivity contribution is 7.69. The lowest BCUT2D eigenvalue weighted by Crippen LogP contribution is -2.60. The molecule has 0 aromatic rings. The normalized spacial score (nSPS) is 25.5. The van der Waals surface area contributed by atoms with Gasteiger partial charge in [0.2, 0.25) is 0 Å². The van der Waals surface area contributed by atoms with Gasteiger partial charge >= 0.3 is 20.9 Å². The first-order chi connectivity index (χ1) is 9.30. The van der Waals surface area contributed by atoms with Gasteiger partial charge < -0.3 is 8.85 Å². The van der Waals surface area contributed by atoms with E-state index in [1.54, 1.807) is 0 Å². The van der Waals surface area contributed by atoms with Crippen molar-refractivity contribution in [1.29, 1.82) is 0 Å². The highest BCUT2D eigenvalue weighted by Gasteiger charge is 2.66. The molecule has 0 spiro atoms. The average molecular weight is 374 g/mol. The molecule has 0 aromatic heterocycles. The van der Waals surface area contributed by atoms with Crippen LogP contribution in [0.4, 0.5) is 26.3 Å². The fourth-order valence-electron chi connectivity index (χ4n) is 1.77. The van der Waals surface area contributed by atoms with Gasteiger partial charge in [0, 0.05) is 0 Å². The van der Waals surface area contributed by atoms with Crippen molar-refractivity contribution in [2.45, 2.75) is 31.0 Å². The van der Waals surface area contributed by atoms with Gasteiger partial charge in [-0.3, -0.25) is 0 Å². The van der Waals surface area contributed by atoms with Gasteiger partial charge in [-0.25, -0.2) is 8.42 Å². The molecular weight excluding hydrogens is 366 g/mol. The quantitative estimate of drug-likeness (QED) is 0.416. The number of rotatable bonds is 2. The molecule has 4 nitrogen and oxygen atoms in total. The van der Waals surface area contributed by atoms with Crippen LogP contribution in [0.5, 0.6) is 0 Å². The monoisotopic (exact) mass is 374 g/mol. The van der Waals surface area contributed by atoms with E-state index in [-0.39, 0.29) is 0 Å². The van der Waals surface area contributed by atoms with E-state index in [0.717, 1.165) is 0 Å². The van der Waals surface area contributed by atoms with Crippen LogP contribution < -0.4 is 0 Å². The van der Waals surface area contributed by atoms with Crippen molar-refractivity contribution in [3.8, 4) is 0 Å². The van der Waals surface area contributed by atoms with Crippen molar-refractivity contribution in [3.05, 3.63) is 0 Å². The van der Waals surface area contributed by atoms with Crippen molar-refractivity contribution < 1.29 is 43.6 Å². The lowest BCUT2D eigenvalue weighted by Gasteiger charge is -2.31. The maximum atomic E-state index is 12.9. The van der Waals surface area contributed by atoms with E-state index in [1.807, 2.05) is 0 Å². The summed E-state index contributed by atoms with van der Waals surface area (Å²) in [6.45, 7) is 1.24. The van der Waals surface area contributed by atoms with Crippen LogP contribution in [0.2, 0.25) is 13.1 Å². The van der Waals surface area contributed by atoms with E-state index < -0.39 is 65.4 Å². The minimum absolute atomic E-state index is 1.18. The fourth-order valence-corrected chi connectivity index (χ4v) is 4.56. The molecule has 0 bridgehead atoms. The number of hydrogen-bond acceptors (Lipinski definition) is 4. The molecule has 0 unspecified atom stereocenters. The Morgan fingerprint density at radius 2 is 1.38 bits per heavy atom. The lowest BCUT2D eigenvalue weighted by molar-refractivity contribution is -0.0755. The van der Waals surface area contributed by atoms with Gasteiger partial charge in [0.15, 0.2) is 15.3 Å². The maximum Gasteiger partial charge on any atom is 0.428 e. The van der Waals surface area contributed by atoms with E-state index in [0.29, 0.717) is 0 Å². The zero-order valence-corrected chi connectivity index (χ0v) is 13.1. The van der Waals surface area contributed by atoms with Gasteiger partial charge in [-0.05, 0) is 13.1 Å². The third-order valence-electron chi connectivity index (χ3n) is 2.46. The zero-order valence-electron chi connectivity index (χ0n) is 10.4. The second-order valence-electron chi connectivity index (χ2n) is 4.44. The van der Waals surface area contributed by atoms with Crippen LogP contribution >= 0.6 is 0 Å². The smallest absolute Gasteiger partial charge is 0.391 e. The molecule has 1 fully saturated rings. The molecule has 0 radical (unpaired) electrons. The summed E-state index contributed by atoms with van der Waals surface area (Å²) in [5, 5.41) is 0. The molecule has 0 saturated carbocycles. The topological polar surface area (TPSA) is 52.6 Å². The molecule has 122 valence electrons.